The summed E-state index contributed by atoms with van der Waals surface area (Å²) in [6.07, 6.45) is 8.13. The fourth-order valence-electron chi connectivity index (χ4n) is 3.15. The zero-order valence-corrected chi connectivity index (χ0v) is 10.8. The van der Waals surface area contributed by atoms with Crippen molar-refractivity contribution in [3.63, 3.8) is 0 Å². The van der Waals surface area contributed by atoms with Gasteiger partial charge in [0.15, 0.2) is 0 Å². The van der Waals surface area contributed by atoms with Gasteiger partial charge in [0.2, 0.25) is 0 Å². The Bertz CT molecular complexity index is 228. The topological polar surface area (TPSA) is 41.6 Å². The Balaban J connectivity index is 2.02. The fourth-order valence-corrected chi connectivity index (χ4v) is 3.15. The van der Waals surface area contributed by atoms with Gasteiger partial charge in [0.25, 0.3) is 0 Å². The molecule has 0 unspecified atom stereocenters. The summed E-state index contributed by atoms with van der Waals surface area (Å²) in [5.41, 5.74) is 0. The van der Waals surface area contributed by atoms with E-state index in [0.29, 0.717) is 12.1 Å². The van der Waals surface area contributed by atoms with Gasteiger partial charge in [-0.05, 0) is 38.8 Å². The SMILES string of the molecule is COC(=O)N(C1CCCCC1)C1CCNCC1. The van der Waals surface area contributed by atoms with Crippen LogP contribution in [0.25, 0.3) is 0 Å². The van der Waals surface area contributed by atoms with E-state index in [0.717, 1.165) is 38.8 Å². The number of piperidine rings is 1. The van der Waals surface area contributed by atoms with Crippen LogP contribution in [0.15, 0.2) is 0 Å². The second-order valence-electron chi connectivity index (χ2n) is 5.15. The third-order valence-electron chi connectivity index (χ3n) is 4.06. The highest BCUT2D eigenvalue weighted by Gasteiger charge is 2.32. The Labute approximate surface area is 104 Å². The van der Waals surface area contributed by atoms with Crippen molar-refractivity contribution in [2.45, 2.75) is 57.0 Å². The van der Waals surface area contributed by atoms with Crippen LogP contribution in [0.3, 0.4) is 0 Å². The summed E-state index contributed by atoms with van der Waals surface area (Å²) < 4.78 is 4.99. The largest absolute Gasteiger partial charge is 0.453 e. The number of carbonyl (C=O) groups is 1. The average Bonchev–Trinajstić information content (AvgIpc) is 2.41. The summed E-state index contributed by atoms with van der Waals surface area (Å²) in [6.45, 7) is 2.04. The molecule has 0 atom stereocenters. The normalized spacial score (nSPS) is 23.4. The van der Waals surface area contributed by atoms with Gasteiger partial charge in [-0.25, -0.2) is 4.79 Å². The molecule has 2 aliphatic rings. The molecule has 0 aromatic carbocycles. The van der Waals surface area contributed by atoms with Crippen molar-refractivity contribution >= 4 is 6.09 Å². The van der Waals surface area contributed by atoms with Crippen molar-refractivity contribution in [2.75, 3.05) is 20.2 Å². The van der Waals surface area contributed by atoms with Crippen LogP contribution in [0.5, 0.6) is 0 Å². The fraction of sp³-hybridized carbons (Fsp3) is 0.923. The lowest BCUT2D eigenvalue weighted by atomic mass is 9.92. The van der Waals surface area contributed by atoms with E-state index in [1.165, 1.54) is 26.4 Å². The van der Waals surface area contributed by atoms with Gasteiger partial charge >= 0.3 is 6.09 Å². The maximum absolute atomic E-state index is 12.0. The summed E-state index contributed by atoms with van der Waals surface area (Å²) in [5.74, 6) is 0. The van der Waals surface area contributed by atoms with E-state index in [9.17, 15) is 4.79 Å². The summed E-state index contributed by atoms with van der Waals surface area (Å²) in [6, 6.07) is 0.797. The van der Waals surface area contributed by atoms with Crippen LogP contribution >= 0.6 is 0 Å². The Kier molecular flexibility index (Phi) is 4.66. The number of hydrogen-bond acceptors (Lipinski definition) is 3. The second kappa shape index (κ2) is 6.24. The number of carbonyl (C=O) groups excluding carboxylic acids is 1. The molecule has 0 radical (unpaired) electrons. The molecule has 2 fully saturated rings. The van der Waals surface area contributed by atoms with Gasteiger partial charge in [-0.1, -0.05) is 19.3 Å². The van der Waals surface area contributed by atoms with Gasteiger partial charge in [-0.2, -0.15) is 0 Å². The number of amides is 1. The number of methoxy groups -OCH3 is 1. The van der Waals surface area contributed by atoms with E-state index in [-0.39, 0.29) is 6.09 Å². The van der Waals surface area contributed by atoms with Crippen LogP contribution in [0.1, 0.15) is 44.9 Å². The van der Waals surface area contributed by atoms with E-state index in [1.807, 2.05) is 4.90 Å². The first-order valence-electron chi connectivity index (χ1n) is 6.90. The molecular formula is C13H24N2O2. The van der Waals surface area contributed by atoms with Crippen LogP contribution in [0.2, 0.25) is 0 Å². The standard InChI is InChI=1S/C13H24N2O2/c1-17-13(16)15(11-5-3-2-4-6-11)12-7-9-14-10-8-12/h11-12,14H,2-10H2,1H3. The molecule has 1 N–H and O–H groups in total. The molecule has 4 nitrogen and oxygen atoms in total. The molecule has 1 saturated heterocycles. The molecule has 1 aliphatic carbocycles. The summed E-state index contributed by atoms with van der Waals surface area (Å²) in [7, 11) is 1.50. The smallest absolute Gasteiger partial charge is 0.409 e. The predicted octanol–water partition coefficient (Wildman–Crippen LogP) is 2.14. The molecule has 0 aromatic rings. The molecule has 0 spiro atoms. The molecule has 0 bridgehead atoms. The summed E-state index contributed by atoms with van der Waals surface area (Å²) >= 11 is 0. The quantitative estimate of drug-likeness (QED) is 0.804. The zero-order valence-electron chi connectivity index (χ0n) is 10.8. The third kappa shape index (κ3) is 3.12. The Morgan fingerprint density at radius 1 is 1.06 bits per heavy atom. The molecule has 1 heterocycles. The van der Waals surface area contributed by atoms with Crippen molar-refractivity contribution in [3.05, 3.63) is 0 Å². The number of nitrogens with one attached hydrogen (secondary N) is 1. The highest BCUT2D eigenvalue weighted by Crippen LogP contribution is 2.27. The Morgan fingerprint density at radius 3 is 2.24 bits per heavy atom. The minimum Gasteiger partial charge on any atom is -0.453 e. The first-order valence-corrected chi connectivity index (χ1v) is 6.90. The number of nitrogens with zero attached hydrogens (tertiary/aromatic N) is 1. The van der Waals surface area contributed by atoms with E-state index in [1.54, 1.807) is 0 Å². The minimum atomic E-state index is -0.121. The molecule has 98 valence electrons. The molecule has 2 rings (SSSR count). The molecule has 1 saturated carbocycles. The predicted molar refractivity (Wildman–Crippen MR) is 67.0 cm³/mol. The number of hydrogen-bond donors (Lipinski definition) is 1. The molecule has 0 aromatic heterocycles. The molecular weight excluding hydrogens is 216 g/mol. The lowest BCUT2D eigenvalue weighted by Crippen LogP contribution is -2.51. The van der Waals surface area contributed by atoms with E-state index >= 15 is 0 Å². The van der Waals surface area contributed by atoms with Gasteiger partial charge in [0.05, 0.1) is 7.11 Å². The van der Waals surface area contributed by atoms with E-state index < -0.39 is 0 Å². The van der Waals surface area contributed by atoms with Crippen molar-refractivity contribution in [2.24, 2.45) is 0 Å². The van der Waals surface area contributed by atoms with Gasteiger partial charge in [-0.3, -0.25) is 0 Å². The lowest BCUT2D eigenvalue weighted by molar-refractivity contribution is 0.0601. The van der Waals surface area contributed by atoms with Gasteiger partial charge < -0.3 is 15.0 Å². The molecule has 4 heteroatoms. The highest BCUT2D eigenvalue weighted by atomic mass is 16.5. The van der Waals surface area contributed by atoms with Crippen molar-refractivity contribution in [3.8, 4) is 0 Å². The van der Waals surface area contributed by atoms with E-state index in [2.05, 4.69) is 5.32 Å². The second-order valence-corrected chi connectivity index (χ2v) is 5.15. The van der Waals surface area contributed by atoms with Crippen molar-refractivity contribution in [1.82, 2.24) is 10.2 Å². The zero-order chi connectivity index (χ0) is 12.1. The van der Waals surface area contributed by atoms with Crippen molar-refractivity contribution in [1.29, 1.82) is 0 Å². The van der Waals surface area contributed by atoms with Crippen LogP contribution in [-0.4, -0.2) is 43.3 Å². The number of ether oxygens (including phenoxy) is 1. The van der Waals surface area contributed by atoms with E-state index in [4.69, 9.17) is 4.74 Å². The average molecular weight is 240 g/mol. The maximum Gasteiger partial charge on any atom is 0.409 e. The van der Waals surface area contributed by atoms with Crippen LogP contribution in [-0.2, 0) is 4.74 Å². The molecule has 1 amide bonds. The first kappa shape index (κ1) is 12.7. The highest BCUT2D eigenvalue weighted by molar-refractivity contribution is 5.68. The van der Waals surface area contributed by atoms with Crippen molar-refractivity contribution < 1.29 is 9.53 Å². The Hall–Kier alpha value is -0.770. The van der Waals surface area contributed by atoms with Gasteiger partial charge in [-0.15, -0.1) is 0 Å². The van der Waals surface area contributed by atoms with Gasteiger partial charge in [0.1, 0.15) is 0 Å². The van der Waals surface area contributed by atoms with Crippen LogP contribution in [0, 0.1) is 0 Å². The monoisotopic (exact) mass is 240 g/mol. The first-order chi connectivity index (χ1) is 8.33. The Morgan fingerprint density at radius 2 is 1.65 bits per heavy atom. The summed E-state index contributed by atoms with van der Waals surface area (Å²) in [4.78, 5) is 14.0. The van der Waals surface area contributed by atoms with Gasteiger partial charge in [0, 0.05) is 12.1 Å². The maximum atomic E-state index is 12.0. The van der Waals surface area contributed by atoms with Crippen LogP contribution < -0.4 is 5.32 Å². The third-order valence-corrected chi connectivity index (χ3v) is 4.06. The summed E-state index contributed by atoms with van der Waals surface area (Å²) in [5, 5.41) is 3.35. The van der Waals surface area contributed by atoms with Crippen LogP contribution in [0.4, 0.5) is 4.79 Å². The minimum absolute atomic E-state index is 0.121. The number of rotatable bonds is 2. The molecule has 17 heavy (non-hydrogen) atoms. The molecule has 1 aliphatic heterocycles. The lowest BCUT2D eigenvalue weighted by Gasteiger charge is -2.40.